The van der Waals surface area contributed by atoms with Crippen molar-refractivity contribution in [3.63, 3.8) is 0 Å². The molecule has 0 spiro atoms. The van der Waals surface area contributed by atoms with Gasteiger partial charge in [0.1, 0.15) is 11.4 Å². The number of ether oxygens (including phenoxy) is 1. The fourth-order valence-corrected chi connectivity index (χ4v) is 2.33. The molecule has 110 valence electrons. The molecule has 0 aliphatic carbocycles. The van der Waals surface area contributed by atoms with Crippen molar-refractivity contribution in [1.82, 2.24) is 4.90 Å². The van der Waals surface area contributed by atoms with Gasteiger partial charge in [0, 0.05) is 13.1 Å². The molecule has 1 heterocycles. The lowest BCUT2D eigenvalue weighted by atomic mass is 9.90. The van der Waals surface area contributed by atoms with Gasteiger partial charge >= 0.3 is 6.09 Å². The topological polar surface area (TPSA) is 55.6 Å². The smallest absolute Gasteiger partial charge is 0.410 e. The Morgan fingerprint density at radius 2 is 1.95 bits per heavy atom. The first kappa shape index (κ1) is 14.8. The summed E-state index contributed by atoms with van der Waals surface area (Å²) in [6, 6.07) is 6.13. The molecule has 2 N–H and O–H groups in total. The summed E-state index contributed by atoms with van der Waals surface area (Å²) < 4.78 is 18.3. The third kappa shape index (κ3) is 3.28. The molecule has 1 aliphatic rings. The van der Waals surface area contributed by atoms with Crippen LogP contribution in [-0.2, 0) is 10.3 Å². The largest absolute Gasteiger partial charge is 0.444 e. The minimum Gasteiger partial charge on any atom is -0.444 e. The van der Waals surface area contributed by atoms with Crippen LogP contribution in [0.3, 0.4) is 0 Å². The SMILES string of the molecule is CC(C)(C)OC(=O)N1CCC(N)(c2ccc(F)cc2)C1. The molecule has 4 nitrogen and oxygen atoms in total. The van der Waals surface area contributed by atoms with Crippen LogP contribution in [0.4, 0.5) is 9.18 Å². The molecule has 5 heteroatoms. The van der Waals surface area contributed by atoms with Crippen LogP contribution >= 0.6 is 0 Å². The standard InChI is InChI=1S/C15H21FN2O2/c1-14(2,3)20-13(19)18-9-8-15(17,10-18)11-4-6-12(16)7-5-11/h4-7H,8-10,17H2,1-3H3. The molecular weight excluding hydrogens is 259 g/mol. The second-order valence-electron chi connectivity index (χ2n) is 6.31. The minimum atomic E-state index is -0.634. The van der Waals surface area contributed by atoms with Gasteiger partial charge in [-0.25, -0.2) is 9.18 Å². The molecule has 1 saturated heterocycles. The summed E-state index contributed by atoms with van der Waals surface area (Å²) in [7, 11) is 0. The van der Waals surface area contributed by atoms with Gasteiger partial charge in [0.15, 0.2) is 0 Å². The van der Waals surface area contributed by atoms with Crippen molar-refractivity contribution in [2.45, 2.75) is 38.3 Å². The van der Waals surface area contributed by atoms with Gasteiger partial charge in [-0.05, 0) is 44.9 Å². The van der Waals surface area contributed by atoms with Gasteiger partial charge in [0.2, 0.25) is 0 Å². The summed E-state index contributed by atoms with van der Waals surface area (Å²) in [4.78, 5) is 13.6. The molecule has 1 amide bonds. The van der Waals surface area contributed by atoms with E-state index in [0.717, 1.165) is 5.56 Å². The third-order valence-corrected chi connectivity index (χ3v) is 3.37. The molecule has 1 aliphatic heterocycles. The van der Waals surface area contributed by atoms with Crippen molar-refractivity contribution >= 4 is 6.09 Å². The maximum Gasteiger partial charge on any atom is 0.410 e. The Bertz CT molecular complexity index is 496. The fourth-order valence-electron chi connectivity index (χ4n) is 2.33. The fraction of sp³-hybridized carbons (Fsp3) is 0.533. The lowest BCUT2D eigenvalue weighted by molar-refractivity contribution is 0.0284. The van der Waals surface area contributed by atoms with Crippen LogP contribution in [0.15, 0.2) is 24.3 Å². The first-order valence-corrected chi connectivity index (χ1v) is 6.72. The minimum absolute atomic E-state index is 0.292. The van der Waals surface area contributed by atoms with Crippen molar-refractivity contribution in [3.05, 3.63) is 35.6 Å². The van der Waals surface area contributed by atoms with Gasteiger partial charge in [0.25, 0.3) is 0 Å². The number of nitrogens with zero attached hydrogens (tertiary/aromatic N) is 1. The Morgan fingerprint density at radius 1 is 1.35 bits per heavy atom. The Morgan fingerprint density at radius 3 is 2.50 bits per heavy atom. The Hall–Kier alpha value is -1.62. The van der Waals surface area contributed by atoms with Gasteiger partial charge < -0.3 is 15.4 Å². The second-order valence-corrected chi connectivity index (χ2v) is 6.31. The van der Waals surface area contributed by atoms with E-state index >= 15 is 0 Å². The maximum absolute atomic E-state index is 13.0. The van der Waals surface area contributed by atoms with Gasteiger partial charge in [-0.15, -0.1) is 0 Å². The average Bonchev–Trinajstić information content (AvgIpc) is 2.72. The Kier molecular flexibility index (Phi) is 3.73. The lowest BCUT2D eigenvalue weighted by Crippen LogP contribution is -2.42. The highest BCUT2D eigenvalue weighted by Crippen LogP contribution is 2.30. The van der Waals surface area contributed by atoms with Gasteiger partial charge in [-0.2, -0.15) is 0 Å². The monoisotopic (exact) mass is 280 g/mol. The van der Waals surface area contributed by atoms with Gasteiger partial charge in [-0.1, -0.05) is 12.1 Å². The summed E-state index contributed by atoms with van der Waals surface area (Å²) in [6.07, 6.45) is 0.282. The molecule has 1 aromatic carbocycles. The van der Waals surface area contributed by atoms with Gasteiger partial charge in [0.05, 0.1) is 5.54 Å². The summed E-state index contributed by atoms with van der Waals surface area (Å²) in [5, 5.41) is 0. The maximum atomic E-state index is 13.0. The first-order valence-electron chi connectivity index (χ1n) is 6.72. The quantitative estimate of drug-likeness (QED) is 0.860. The lowest BCUT2D eigenvalue weighted by Gasteiger charge is -2.27. The molecule has 20 heavy (non-hydrogen) atoms. The van der Waals surface area contributed by atoms with E-state index in [1.165, 1.54) is 12.1 Å². The number of rotatable bonds is 1. The van der Waals surface area contributed by atoms with Crippen LogP contribution in [0, 0.1) is 5.82 Å². The third-order valence-electron chi connectivity index (χ3n) is 3.37. The number of hydrogen-bond donors (Lipinski definition) is 1. The molecule has 1 fully saturated rings. The molecular formula is C15H21FN2O2. The number of halogens is 1. The zero-order valence-corrected chi connectivity index (χ0v) is 12.1. The molecule has 1 unspecified atom stereocenters. The molecule has 0 bridgehead atoms. The number of nitrogens with two attached hydrogens (primary N) is 1. The Labute approximate surface area is 118 Å². The van der Waals surface area contributed by atoms with Crippen molar-refractivity contribution in [2.24, 2.45) is 5.73 Å². The van der Waals surface area contributed by atoms with Crippen molar-refractivity contribution < 1.29 is 13.9 Å². The number of likely N-dealkylation sites (tertiary alicyclic amines) is 1. The van der Waals surface area contributed by atoms with E-state index in [2.05, 4.69) is 0 Å². The first-order chi connectivity index (χ1) is 9.20. The van der Waals surface area contributed by atoms with Crippen LogP contribution in [0.5, 0.6) is 0 Å². The van der Waals surface area contributed by atoms with E-state index in [-0.39, 0.29) is 11.9 Å². The number of hydrogen-bond acceptors (Lipinski definition) is 3. The van der Waals surface area contributed by atoms with E-state index in [0.29, 0.717) is 19.5 Å². The predicted octanol–water partition coefficient (Wildman–Crippen LogP) is 2.62. The normalized spacial score (nSPS) is 22.9. The number of carbonyl (C=O) groups is 1. The van der Waals surface area contributed by atoms with Crippen molar-refractivity contribution in [3.8, 4) is 0 Å². The average molecular weight is 280 g/mol. The molecule has 2 rings (SSSR count). The van der Waals surface area contributed by atoms with Crippen LogP contribution < -0.4 is 5.73 Å². The summed E-state index contributed by atoms with van der Waals surface area (Å²) in [6.45, 7) is 6.42. The number of carbonyl (C=O) groups excluding carboxylic acids is 1. The summed E-state index contributed by atoms with van der Waals surface area (Å²) in [5.41, 5.74) is 6.03. The van der Waals surface area contributed by atoms with E-state index in [9.17, 15) is 9.18 Å². The molecule has 1 atom stereocenters. The van der Waals surface area contributed by atoms with E-state index in [4.69, 9.17) is 10.5 Å². The molecule has 0 radical (unpaired) electrons. The zero-order chi connectivity index (χ0) is 15.0. The van der Waals surface area contributed by atoms with E-state index in [1.807, 2.05) is 20.8 Å². The number of amides is 1. The highest BCUT2D eigenvalue weighted by Gasteiger charge is 2.39. The summed E-state index contributed by atoms with van der Waals surface area (Å²) >= 11 is 0. The zero-order valence-electron chi connectivity index (χ0n) is 12.1. The van der Waals surface area contributed by atoms with Crippen molar-refractivity contribution in [1.29, 1.82) is 0 Å². The molecule has 0 aromatic heterocycles. The Balaban J connectivity index is 2.07. The van der Waals surface area contributed by atoms with Crippen LogP contribution in [0.25, 0.3) is 0 Å². The highest BCUT2D eigenvalue weighted by atomic mass is 19.1. The van der Waals surface area contributed by atoms with Crippen molar-refractivity contribution in [2.75, 3.05) is 13.1 Å². The summed E-state index contributed by atoms with van der Waals surface area (Å²) in [5.74, 6) is -0.292. The second kappa shape index (κ2) is 5.05. The van der Waals surface area contributed by atoms with Crippen LogP contribution in [0.1, 0.15) is 32.8 Å². The molecule has 1 aromatic rings. The van der Waals surface area contributed by atoms with Crippen LogP contribution in [-0.4, -0.2) is 29.7 Å². The number of benzene rings is 1. The predicted molar refractivity (Wildman–Crippen MR) is 74.7 cm³/mol. The van der Waals surface area contributed by atoms with Gasteiger partial charge in [-0.3, -0.25) is 0 Å². The highest BCUT2D eigenvalue weighted by molar-refractivity contribution is 5.69. The van der Waals surface area contributed by atoms with E-state index in [1.54, 1.807) is 17.0 Å². The van der Waals surface area contributed by atoms with E-state index < -0.39 is 11.1 Å². The molecule has 0 saturated carbocycles. The van der Waals surface area contributed by atoms with Crippen LogP contribution in [0.2, 0.25) is 0 Å².